The van der Waals surface area contributed by atoms with Gasteiger partial charge in [-0.25, -0.2) is 0 Å². The SMILES string of the molecule is [2H]NC(C)Cc1ccc(Br)cc1. The number of nitrogens with two attached hydrogens (primary N) is 1. The fourth-order valence-electron chi connectivity index (χ4n) is 0.974. The first-order valence-electron chi connectivity index (χ1n) is 4.14. The lowest BCUT2D eigenvalue weighted by molar-refractivity contribution is 0.738. The molecule has 0 aromatic heterocycles. The molecule has 0 aliphatic rings. The molecule has 2 heteroatoms. The van der Waals surface area contributed by atoms with Crippen LogP contribution in [0.2, 0.25) is 1.41 Å². The van der Waals surface area contributed by atoms with Crippen molar-refractivity contribution < 1.29 is 1.41 Å². The summed E-state index contributed by atoms with van der Waals surface area (Å²) in [7, 11) is 0. The van der Waals surface area contributed by atoms with E-state index in [4.69, 9.17) is 1.41 Å². The van der Waals surface area contributed by atoms with Crippen molar-refractivity contribution in [2.24, 2.45) is 5.73 Å². The van der Waals surface area contributed by atoms with Crippen LogP contribution in [-0.2, 0) is 6.42 Å². The number of hydrogen-bond donors (Lipinski definition) is 1. The minimum absolute atomic E-state index is 0.214. The van der Waals surface area contributed by atoms with Gasteiger partial charge in [0, 0.05) is 10.5 Å². The van der Waals surface area contributed by atoms with Gasteiger partial charge in [0.2, 0.25) is 0 Å². The zero-order valence-corrected chi connectivity index (χ0v) is 8.06. The molecule has 0 radical (unpaired) electrons. The Kier molecular flexibility index (Phi) is 2.58. The standard InChI is InChI=1S/C9H12BrN/c1-7(11)6-8-2-4-9(10)5-3-8/h2-5,7H,6,11H2,1H3/i/hD. The topological polar surface area (TPSA) is 26.0 Å². The summed E-state index contributed by atoms with van der Waals surface area (Å²) in [5, 5.41) is 0. The average molecular weight is 215 g/mol. The summed E-state index contributed by atoms with van der Waals surface area (Å²) in [5.74, 6) is 0. The molecule has 0 spiro atoms. The molecule has 1 unspecified atom stereocenters. The fourth-order valence-corrected chi connectivity index (χ4v) is 1.24. The molecular weight excluding hydrogens is 202 g/mol. The molecule has 0 heterocycles. The van der Waals surface area contributed by atoms with Gasteiger partial charge in [-0.2, -0.15) is 0 Å². The molecule has 0 amide bonds. The second-order valence-corrected chi connectivity index (χ2v) is 3.65. The van der Waals surface area contributed by atoms with Gasteiger partial charge in [0.15, 0.2) is 0 Å². The molecule has 1 rings (SSSR count). The molecule has 2 N–H and O–H groups in total. The monoisotopic (exact) mass is 214 g/mol. The Balaban J connectivity index is 2.58. The fraction of sp³-hybridized carbons (Fsp3) is 0.333. The van der Waals surface area contributed by atoms with E-state index in [-0.39, 0.29) is 6.04 Å². The van der Waals surface area contributed by atoms with Gasteiger partial charge in [0.25, 0.3) is 0 Å². The second-order valence-electron chi connectivity index (χ2n) is 2.73. The molecule has 0 saturated heterocycles. The molecule has 0 bridgehead atoms. The van der Waals surface area contributed by atoms with Crippen molar-refractivity contribution in [3.05, 3.63) is 34.3 Å². The van der Waals surface area contributed by atoms with Crippen molar-refractivity contribution in [1.29, 1.82) is 0 Å². The van der Waals surface area contributed by atoms with E-state index in [1.54, 1.807) is 0 Å². The van der Waals surface area contributed by atoms with Crippen molar-refractivity contribution in [2.45, 2.75) is 19.4 Å². The Bertz CT molecular complexity index is 235. The zero-order chi connectivity index (χ0) is 8.97. The van der Waals surface area contributed by atoms with E-state index in [2.05, 4.69) is 33.8 Å². The summed E-state index contributed by atoms with van der Waals surface area (Å²) < 4.78 is 8.04. The molecular formula is C9H12BrN. The Morgan fingerprint density at radius 2 is 2.18 bits per heavy atom. The van der Waals surface area contributed by atoms with Crippen LogP contribution < -0.4 is 5.73 Å². The minimum Gasteiger partial charge on any atom is -0.328 e. The lowest BCUT2D eigenvalue weighted by atomic mass is 10.1. The van der Waals surface area contributed by atoms with E-state index in [1.807, 2.05) is 19.1 Å². The Morgan fingerprint density at radius 1 is 1.55 bits per heavy atom. The highest BCUT2D eigenvalue weighted by atomic mass is 79.9. The molecule has 1 aromatic rings. The summed E-state index contributed by atoms with van der Waals surface area (Å²) in [4.78, 5) is 0. The van der Waals surface area contributed by atoms with Crippen LogP contribution >= 0.6 is 15.9 Å². The molecule has 0 aliphatic heterocycles. The van der Waals surface area contributed by atoms with Gasteiger partial charge in [-0.3, -0.25) is 0 Å². The summed E-state index contributed by atoms with van der Waals surface area (Å²) in [6.45, 7) is 2.00. The lowest BCUT2D eigenvalue weighted by Gasteiger charge is -2.03. The maximum absolute atomic E-state index is 6.94. The van der Waals surface area contributed by atoms with Gasteiger partial charge >= 0.3 is 0 Å². The Labute approximate surface area is 77.2 Å². The van der Waals surface area contributed by atoms with Crippen LogP contribution in [0.1, 0.15) is 12.5 Å². The molecule has 0 fully saturated rings. The van der Waals surface area contributed by atoms with Crippen molar-refractivity contribution >= 4 is 15.9 Å². The normalized spacial score (nSPS) is 14.2. The van der Waals surface area contributed by atoms with Gasteiger partial charge in [-0.05, 0) is 31.0 Å². The first kappa shape index (κ1) is 7.32. The largest absolute Gasteiger partial charge is 0.328 e. The van der Waals surface area contributed by atoms with Crippen LogP contribution in [0.15, 0.2) is 28.7 Å². The first-order valence-corrected chi connectivity index (χ1v) is 4.43. The number of halogens is 1. The smallest absolute Gasteiger partial charge is 0.119 e. The Hall–Kier alpha value is -0.340. The lowest BCUT2D eigenvalue weighted by Crippen LogP contribution is -2.17. The molecule has 1 nitrogen and oxygen atoms in total. The van der Waals surface area contributed by atoms with Gasteiger partial charge in [-0.15, -0.1) is 0 Å². The summed E-state index contributed by atoms with van der Waals surface area (Å²) >= 11 is 3.38. The molecule has 11 heavy (non-hydrogen) atoms. The first-order chi connectivity index (χ1) is 5.72. The highest BCUT2D eigenvalue weighted by Crippen LogP contribution is 2.11. The average Bonchev–Trinajstić information content (AvgIpc) is 2.09. The van der Waals surface area contributed by atoms with Crippen LogP contribution in [0.25, 0.3) is 0 Å². The minimum atomic E-state index is 0.214. The number of hydrogen-bond acceptors (Lipinski definition) is 1. The van der Waals surface area contributed by atoms with Crippen molar-refractivity contribution in [3.8, 4) is 0 Å². The quantitative estimate of drug-likeness (QED) is 0.822. The summed E-state index contributed by atoms with van der Waals surface area (Å²) in [6.07, 6.45) is 0.900. The Morgan fingerprint density at radius 3 is 2.73 bits per heavy atom. The third kappa shape index (κ3) is 3.04. The summed E-state index contributed by atoms with van der Waals surface area (Å²) in [6, 6.07) is 8.39. The van der Waals surface area contributed by atoms with Crippen molar-refractivity contribution in [1.82, 2.24) is 0 Å². The van der Waals surface area contributed by atoms with E-state index in [0.29, 0.717) is 0 Å². The maximum atomic E-state index is 6.94. The maximum Gasteiger partial charge on any atom is 0.119 e. The van der Waals surface area contributed by atoms with Crippen LogP contribution in [0, 0.1) is 0 Å². The molecule has 1 aromatic carbocycles. The molecule has 60 valence electrons. The highest BCUT2D eigenvalue weighted by molar-refractivity contribution is 9.10. The van der Waals surface area contributed by atoms with Crippen molar-refractivity contribution in [2.75, 3.05) is 0 Å². The molecule has 1 atom stereocenters. The van der Waals surface area contributed by atoms with E-state index in [9.17, 15) is 0 Å². The van der Waals surface area contributed by atoms with Crippen LogP contribution in [0.3, 0.4) is 0 Å². The van der Waals surface area contributed by atoms with Crippen LogP contribution in [0.5, 0.6) is 0 Å². The van der Waals surface area contributed by atoms with Gasteiger partial charge in [-0.1, -0.05) is 28.1 Å². The van der Waals surface area contributed by atoms with E-state index >= 15 is 0 Å². The zero-order valence-electron chi connectivity index (χ0n) is 7.47. The molecule has 0 aliphatic carbocycles. The second kappa shape index (κ2) is 3.88. The third-order valence-electron chi connectivity index (χ3n) is 1.46. The van der Waals surface area contributed by atoms with Crippen LogP contribution in [0.4, 0.5) is 0 Å². The van der Waals surface area contributed by atoms with E-state index in [0.717, 1.165) is 10.9 Å². The van der Waals surface area contributed by atoms with Crippen molar-refractivity contribution in [3.63, 3.8) is 0 Å². The number of benzene rings is 1. The predicted molar refractivity (Wildman–Crippen MR) is 51.5 cm³/mol. The summed E-state index contributed by atoms with van der Waals surface area (Å²) in [5.41, 5.74) is 3.72. The van der Waals surface area contributed by atoms with E-state index in [1.165, 1.54) is 5.56 Å². The molecule has 0 saturated carbocycles. The predicted octanol–water partition coefficient (Wildman–Crippen LogP) is 2.34. The third-order valence-corrected chi connectivity index (χ3v) is 1.98. The van der Waals surface area contributed by atoms with Gasteiger partial charge in [0.1, 0.15) is 1.41 Å². The highest BCUT2D eigenvalue weighted by Gasteiger charge is 1.96. The van der Waals surface area contributed by atoms with E-state index < -0.39 is 0 Å². The van der Waals surface area contributed by atoms with Gasteiger partial charge < -0.3 is 5.73 Å². The van der Waals surface area contributed by atoms with Crippen LogP contribution in [-0.4, -0.2) is 6.04 Å². The number of rotatable bonds is 3. The van der Waals surface area contributed by atoms with Gasteiger partial charge in [0.05, 0.1) is 0 Å².